The van der Waals surface area contributed by atoms with E-state index in [0.29, 0.717) is 12.5 Å². The maximum absolute atomic E-state index is 5.93. The highest BCUT2D eigenvalue weighted by atomic mass is 79.9. The SMILES string of the molecule is CCCn1nnnc1NCc1ccc(-c2ccc(Br)cc2C)o1. The van der Waals surface area contributed by atoms with Gasteiger partial charge in [-0.2, -0.15) is 0 Å². The van der Waals surface area contributed by atoms with E-state index in [2.05, 4.69) is 62.8 Å². The molecule has 0 saturated heterocycles. The second-order valence-corrected chi connectivity index (χ2v) is 6.22. The van der Waals surface area contributed by atoms with Crippen molar-refractivity contribution in [2.75, 3.05) is 5.32 Å². The first-order valence-electron chi connectivity index (χ1n) is 7.52. The summed E-state index contributed by atoms with van der Waals surface area (Å²) in [6.45, 7) is 5.49. The van der Waals surface area contributed by atoms with E-state index in [9.17, 15) is 0 Å². The Labute approximate surface area is 143 Å². The van der Waals surface area contributed by atoms with E-state index in [-0.39, 0.29) is 0 Å². The maximum Gasteiger partial charge on any atom is 0.243 e. The Morgan fingerprint density at radius 3 is 2.91 bits per heavy atom. The van der Waals surface area contributed by atoms with Crippen molar-refractivity contribution in [3.63, 3.8) is 0 Å². The molecule has 0 bridgehead atoms. The lowest BCUT2D eigenvalue weighted by Gasteiger charge is -2.05. The lowest BCUT2D eigenvalue weighted by molar-refractivity contribution is 0.527. The molecule has 3 aromatic rings. The molecule has 0 radical (unpaired) electrons. The van der Waals surface area contributed by atoms with Crippen LogP contribution >= 0.6 is 15.9 Å². The average Bonchev–Trinajstić information content (AvgIpc) is 3.15. The number of nitrogens with one attached hydrogen (secondary N) is 1. The number of tetrazole rings is 1. The van der Waals surface area contributed by atoms with Crippen LogP contribution in [0.5, 0.6) is 0 Å². The summed E-state index contributed by atoms with van der Waals surface area (Å²) in [4.78, 5) is 0. The van der Waals surface area contributed by atoms with E-state index in [4.69, 9.17) is 4.42 Å². The number of rotatable bonds is 6. The van der Waals surface area contributed by atoms with Gasteiger partial charge in [-0.1, -0.05) is 28.0 Å². The summed E-state index contributed by atoms with van der Waals surface area (Å²) in [5.41, 5.74) is 2.26. The molecule has 0 unspecified atom stereocenters. The van der Waals surface area contributed by atoms with Crippen LogP contribution in [0.15, 0.2) is 39.2 Å². The first-order chi connectivity index (χ1) is 11.2. The largest absolute Gasteiger partial charge is 0.459 e. The lowest BCUT2D eigenvalue weighted by atomic mass is 10.1. The fraction of sp³-hybridized carbons (Fsp3) is 0.312. The molecule has 0 aliphatic carbocycles. The van der Waals surface area contributed by atoms with E-state index in [1.165, 1.54) is 5.56 Å². The molecule has 120 valence electrons. The third-order valence-electron chi connectivity index (χ3n) is 3.50. The van der Waals surface area contributed by atoms with Crippen molar-refractivity contribution < 1.29 is 4.42 Å². The Bertz CT molecular complexity index is 795. The van der Waals surface area contributed by atoms with Crippen molar-refractivity contribution in [1.29, 1.82) is 0 Å². The number of nitrogens with zero attached hydrogens (tertiary/aromatic N) is 4. The van der Waals surface area contributed by atoms with Gasteiger partial charge >= 0.3 is 0 Å². The summed E-state index contributed by atoms with van der Waals surface area (Å²) in [7, 11) is 0. The van der Waals surface area contributed by atoms with Gasteiger partial charge in [0.05, 0.1) is 6.54 Å². The number of aromatic nitrogens is 4. The number of aryl methyl sites for hydroxylation is 2. The molecule has 2 aromatic heterocycles. The Balaban J connectivity index is 1.71. The molecule has 1 aromatic carbocycles. The molecule has 0 spiro atoms. The van der Waals surface area contributed by atoms with Crippen LogP contribution < -0.4 is 5.32 Å². The van der Waals surface area contributed by atoms with Crippen molar-refractivity contribution in [3.8, 4) is 11.3 Å². The Morgan fingerprint density at radius 1 is 1.26 bits per heavy atom. The molecule has 23 heavy (non-hydrogen) atoms. The van der Waals surface area contributed by atoms with Gasteiger partial charge in [0.1, 0.15) is 11.5 Å². The van der Waals surface area contributed by atoms with Crippen LogP contribution in [0.25, 0.3) is 11.3 Å². The molecule has 6 nitrogen and oxygen atoms in total. The fourth-order valence-electron chi connectivity index (χ4n) is 2.38. The topological polar surface area (TPSA) is 68.8 Å². The number of anilines is 1. The van der Waals surface area contributed by atoms with Crippen molar-refractivity contribution >= 4 is 21.9 Å². The highest BCUT2D eigenvalue weighted by Gasteiger charge is 2.09. The molecule has 3 rings (SSSR count). The minimum Gasteiger partial charge on any atom is -0.459 e. The van der Waals surface area contributed by atoms with Crippen LogP contribution in [-0.4, -0.2) is 20.2 Å². The highest BCUT2D eigenvalue weighted by molar-refractivity contribution is 9.10. The molecular weight excluding hydrogens is 358 g/mol. The first kappa shape index (κ1) is 15.7. The number of benzene rings is 1. The van der Waals surface area contributed by atoms with Crippen molar-refractivity contribution in [2.24, 2.45) is 0 Å². The zero-order valence-corrected chi connectivity index (χ0v) is 14.7. The molecule has 0 fully saturated rings. The molecule has 0 amide bonds. The zero-order valence-electron chi connectivity index (χ0n) is 13.1. The molecule has 7 heteroatoms. The van der Waals surface area contributed by atoms with Gasteiger partial charge in [-0.3, -0.25) is 0 Å². The molecule has 0 saturated carbocycles. The predicted octanol–water partition coefficient (Wildman–Crippen LogP) is 4.03. The highest BCUT2D eigenvalue weighted by Crippen LogP contribution is 2.28. The number of hydrogen-bond acceptors (Lipinski definition) is 5. The Kier molecular flexibility index (Phi) is 4.76. The average molecular weight is 376 g/mol. The van der Waals surface area contributed by atoms with Crippen LogP contribution in [0.3, 0.4) is 0 Å². The normalized spacial score (nSPS) is 10.9. The van der Waals surface area contributed by atoms with E-state index < -0.39 is 0 Å². The first-order valence-corrected chi connectivity index (χ1v) is 8.32. The van der Waals surface area contributed by atoms with Crippen LogP contribution in [0.4, 0.5) is 5.95 Å². The Hall–Kier alpha value is -2.15. The smallest absolute Gasteiger partial charge is 0.243 e. The molecule has 0 atom stereocenters. The second kappa shape index (κ2) is 6.95. The number of furan rings is 1. The summed E-state index contributed by atoms with van der Waals surface area (Å²) in [5.74, 6) is 2.36. The van der Waals surface area contributed by atoms with Crippen molar-refractivity contribution in [1.82, 2.24) is 20.2 Å². The summed E-state index contributed by atoms with van der Waals surface area (Å²) >= 11 is 3.48. The van der Waals surface area contributed by atoms with Gasteiger partial charge < -0.3 is 9.73 Å². The van der Waals surface area contributed by atoms with Crippen molar-refractivity contribution in [3.05, 3.63) is 46.1 Å². The van der Waals surface area contributed by atoms with Gasteiger partial charge in [-0.15, -0.1) is 0 Å². The van der Waals surface area contributed by atoms with Crippen LogP contribution in [-0.2, 0) is 13.1 Å². The summed E-state index contributed by atoms with van der Waals surface area (Å²) < 4.78 is 8.75. The molecule has 2 heterocycles. The standard InChI is InChI=1S/C16H18BrN5O/c1-3-8-22-16(19-20-21-22)18-10-13-5-7-15(23-13)14-6-4-12(17)9-11(14)2/h4-7,9H,3,8,10H2,1-2H3,(H,18,19,21). The lowest BCUT2D eigenvalue weighted by Crippen LogP contribution is -2.08. The second-order valence-electron chi connectivity index (χ2n) is 5.30. The zero-order chi connectivity index (χ0) is 16.2. The molecular formula is C16H18BrN5O. The van der Waals surface area contributed by atoms with Crippen LogP contribution in [0.2, 0.25) is 0 Å². The van der Waals surface area contributed by atoms with Gasteiger partial charge in [-0.05, 0) is 59.7 Å². The molecule has 0 aliphatic rings. The summed E-state index contributed by atoms with van der Waals surface area (Å²) in [6.07, 6.45) is 0.980. The predicted molar refractivity (Wildman–Crippen MR) is 92.0 cm³/mol. The third-order valence-corrected chi connectivity index (χ3v) is 4.00. The van der Waals surface area contributed by atoms with Gasteiger partial charge in [0.2, 0.25) is 5.95 Å². The van der Waals surface area contributed by atoms with Gasteiger partial charge in [0.25, 0.3) is 0 Å². The van der Waals surface area contributed by atoms with Crippen LogP contribution in [0, 0.1) is 6.92 Å². The van der Waals surface area contributed by atoms with E-state index in [1.54, 1.807) is 4.68 Å². The fourth-order valence-corrected chi connectivity index (χ4v) is 2.86. The minimum absolute atomic E-state index is 0.541. The minimum atomic E-state index is 0.541. The van der Waals surface area contributed by atoms with Crippen LogP contribution in [0.1, 0.15) is 24.7 Å². The van der Waals surface area contributed by atoms with Crippen molar-refractivity contribution in [2.45, 2.75) is 33.4 Å². The third kappa shape index (κ3) is 3.61. The molecule has 0 aliphatic heterocycles. The monoisotopic (exact) mass is 375 g/mol. The maximum atomic E-state index is 5.93. The number of halogens is 1. The van der Waals surface area contributed by atoms with Gasteiger partial charge in [0, 0.05) is 16.6 Å². The summed E-state index contributed by atoms with van der Waals surface area (Å²) in [5, 5.41) is 14.8. The van der Waals surface area contributed by atoms with E-state index in [1.807, 2.05) is 18.2 Å². The van der Waals surface area contributed by atoms with E-state index >= 15 is 0 Å². The van der Waals surface area contributed by atoms with E-state index in [0.717, 1.165) is 34.5 Å². The number of hydrogen-bond donors (Lipinski definition) is 1. The molecule has 1 N–H and O–H groups in total. The van der Waals surface area contributed by atoms with Gasteiger partial charge in [0.15, 0.2) is 0 Å². The Morgan fingerprint density at radius 2 is 2.13 bits per heavy atom. The summed E-state index contributed by atoms with van der Waals surface area (Å²) in [6, 6.07) is 10.1. The quantitative estimate of drug-likeness (QED) is 0.704. The van der Waals surface area contributed by atoms with Gasteiger partial charge in [-0.25, -0.2) is 4.68 Å².